The molecule has 2 atom stereocenters. The van der Waals surface area contributed by atoms with Crippen molar-refractivity contribution in [2.75, 3.05) is 0 Å². The second-order valence-corrected chi connectivity index (χ2v) is 6.81. The largest absolute Gasteiger partial charge is 0.348 e. The monoisotopic (exact) mass is 407 g/mol. The number of nitrogens with one attached hydrogen (secondary N) is 1. The van der Waals surface area contributed by atoms with Crippen molar-refractivity contribution in [2.45, 2.75) is 36.6 Å². The minimum absolute atomic E-state index is 0.0396. The highest BCUT2D eigenvalue weighted by molar-refractivity contribution is 14.1. The van der Waals surface area contributed by atoms with Crippen molar-refractivity contribution >= 4 is 44.4 Å². The number of halogens is 2. The number of amides is 1. The zero-order valence-electron chi connectivity index (χ0n) is 9.46. The van der Waals surface area contributed by atoms with Gasteiger partial charge >= 0.3 is 0 Å². The first-order chi connectivity index (χ1) is 8.16. The van der Waals surface area contributed by atoms with Crippen LogP contribution in [0.15, 0.2) is 24.3 Å². The SMILES string of the molecule is O=C(NC1CCCCC1Br)c1ccc(I)cc1. The summed E-state index contributed by atoms with van der Waals surface area (Å²) < 4.78 is 1.15. The maximum atomic E-state index is 12.0. The van der Waals surface area contributed by atoms with E-state index in [4.69, 9.17) is 0 Å². The third kappa shape index (κ3) is 3.68. The van der Waals surface area contributed by atoms with E-state index in [1.165, 1.54) is 12.8 Å². The molecule has 0 saturated heterocycles. The molecule has 0 aromatic heterocycles. The average molecular weight is 408 g/mol. The van der Waals surface area contributed by atoms with Crippen molar-refractivity contribution in [3.05, 3.63) is 33.4 Å². The molecule has 92 valence electrons. The van der Waals surface area contributed by atoms with Crippen LogP contribution in [-0.2, 0) is 0 Å². The molecule has 2 nitrogen and oxygen atoms in total. The van der Waals surface area contributed by atoms with Crippen molar-refractivity contribution in [1.82, 2.24) is 5.32 Å². The molecule has 1 aromatic carbocycles. The molecule has 1 saturated carbocycles. The van der Waals surface area contributed by atoms with E-state index in [9.17, 15) is 4.79 Å². The Balaban J connectivity index is 1.98. The van der Waals surface area contributed by atoms with Crippen LogP contribution in [0, 0.1) is 3.57 Å². The first kappa shape index (κ1) is 13.3. The summed E-state index contributed by atoms with van der Waals surface area (Å²) in [5.74, 6) is 0.0396. The van der Waals surface area contributed by atoms with Gasteiger partial charge in [0, 0.05) is 20.0 Å². The molecule has 17 heavy (non-hydrogen) atoms. The Morgan fingerprint density at radius 2 is 1.88 bits per heavy atom. The Bertz CT molecular complexity index is 393. The highest BCUT2D eigenvalue weighted by Gasteiger charge is 2.24. The lowest BCUT2D eigenvalue weighted by molar-refractivity contribution is 0.0930. The van der Waals surface area contributed by atoms with E-state index in [1.807, 2.05) is 24.3 Å². The molecule has 0 heterocycles. The molecular formula is C13H15BrINO. The fourth-order valence-corrected chi connectivity index (χ4v) is 3.18. The van der Waals surface area contributed by atoms with Crippen LogP contribution in [0.25, 0.3) is 0 Å². The molecule has 1 aromatic rings. The molecule has 4 heteroatoms. The van der Waals surface area contributed by atoms with Gasteiger partial charge in [0.05, 0.1) is 0 Å². The predicted octanol–water partition coefficient (Wildman–Crippen LogP) is 3.73. The van der Waals surface area contributed by atoms with Crippen LogP contribution >= 0.6 is 38.5 Å². The van der Waals surface area contributed by atoms with Crippen molar-refractivity contribution in [3.63, 3.8) is 0 Å². The lowest BCUT2D eigenvalue weighted by Gasteiger charge is -2.28. The molecule has 2 unspecified atom stereocenters. The molecule has 1 aliphatic carbocycles. The van der Waals surface area contributed by atoms with Crippen LogP contribution in [0.5, 0.6) is 0 Å². The van der Waals surface area contributed by atoms with Crippen LogP contribution in [-0.4, -0.2) is 16.8 Å². The molecule has 0 aliphatic heterocycles. The van der Waals surface area contributed by atoms with E-state index in [-0.39, 0.29) is 11.9 Å². The van der Waals surface area contributed by atoms with E-state index in [1.54, 1.807) is 0 Å². The Labute approximate surface area is 124 Å². The van der Waals surface area contributed by atoms with Gasteiger partial charge in [-0.1, -0.05) is 28.8 Å². The number of hydrogen-bond acceptors (Lipinski definition) is 1. The Morgan fingerprint density at radius 3 is 2.53 bits per heavy atom. The van der Waals surface area contributed by atoms with Gasteiger partial charge in [-0.3, -0.25) is 4.79 Å². The molecule has 0 bridgehead atoms. The lowest BCUT2D eigenvalue weighted by atomic mass is 9.95. The normalized spacial score (nSPS) is 24.4. The molecule has 1 fully saturated rings. The minimum Gasteiger partial charge on any atom is -0.348 e. The average Bonchev–Trinajstić information content (AvgIpc) is 2.33. The summed E-state index contributed by atoms with van der Waals surface area (Å²) in [6, 6.07) is 7.95. The molecule has 0 radical (unpaired) electrons. The summed E-state index contributed by atoms with van der Waals surface area (Å²) in [5.41, 5.74) is 0.746. The van der Waals surface area contributed by atoms with E-state index < -0.39 is 0 Å². The molecular weight excluding hydrogens is 393 g/mol. The van der Waals surface area contributed by atoms with Crippen LogP contribution in [0.4, 0.5) is 0 Å². The topological polar surface area (TPSA) is 29.1 Å². The van der Waals surface area contributed by atoms with Gasteiger partial charge in [-0.15, -0.1) is 0 Å². The van der Waals surface area contributed by atoms with Gasteiger partial charge in [0.1, 0.15) is 0 Å². The fraction of sp³-hybridized carbons (Fsp3) is 0.462. The molecule has 2 rings (SSSR count). The van der Waals surface area contributed by atoms with E-state index in [0.717, 1.165) is 22.0 Å². The van der Waals surface area contributed by atoms with Gasteiger partial charge in [0.2, 0.25) is 0 Å². The second-order valence-electron chi connectivity index (χ2n) is 4.39. The number of alkyl halides is 1. The van der Waals surface area contributed by atoms with Crippen molar-refractivity contribution in [2.24, 2.45) is 0 Å². The van der Waals surface area contributed by atoms with Gasteiger partial charge in [0.25, 0.3) is 5.91 Å². The highest BCUT2D eigenvalue weighted by atomic mass is 127. The summed E-state index contributed by atoms with van der Waals surface area (Å²) >= 11 is 5.89. The van der Waals surface area contributed by atoms with Gasteiger partial charge in [-0.2, -0.15) is 0 Å². The van der Waals surface area contributed by atoms with Gasteiger partial charge < -0.3 is 5.32 Å². The summed E-state index contributed by atoms with van der Waals surface area (Å²) in [4.78, 5) is 12.5. The van der Waals surface area contributed by atoms with Crippen LogP contribution in [0.1, 0.15) is 36.0 Å². The molecule has 1 amide bonds. The Hall–Kier alpha value is -0.100. The third-order valence-electron chi connectivity index (χ3n) is 3.10. The van der Waals surface area contributed by atoms with Crippen LogP contribution < -0.4 is 5.32 Å². The second kappa shape index (κ2) is 6.18. The van der Waals surface area contributed by atoms with Gasteiger partial charge in [-0.05, 0) is 59.7 Å². The number of carbonyl (C=O) groups excluding carboxylic acids is 1. The maximum Gasteiger partial charge on any atom is 0.251 e. The molecule has 1 aliphatic rings. The third-order valence-corrected chi connectivity index (χ3v) is 4.92. The standard InChI is InChI=1S/C13H15BrINO/c14-11-3-1-2-4-12(11)16-13(17)9-5-7-10(15)8-6-9/h5-8,11-12H,1-4H2,(H,16,17). The first-order valence-corrected chi connectivity index (χ1v) is 7.87. The predicted molar refractivity (Wildman–Crippen MR) is 81.6 cm³/mol. The Morgan fingerprint density at radius 1 is 1.24 bits per heavy atom. The van der Waals surface area contributed by atoms with E-state index >= 15 is 0 Å². The lowest BCUT2D eigenvalue weighted by Crippen LogP contribution is -2.42. The zero-order chi connectivity index (χ0) is 12.3. The van der Waals surface area contributed by atoms with Crippen molar-refractivity contribution < 1.29 is 4.79 Å². The summed E-state index contributed by atoms with van der Waals surface area (Å²) in [7, 11) is 0. The summed E-state index contributed by atoms with van der Waals surface area (Å²) in [6.07, 6.45) is 4.69. The van der Waals surface area contributed by atoms with Crippen LogP contribution in [0.3, 0.4) is 0 Å². The zero-order valence-corrected chi connectivity index (χ0v) is 13.2. The quantitative estimate of drug-likeness (QED) is 0.587. The maximum absolute atomic E-state index is 12.0. The van der Waals surface area contributed by atoms with Crippen LogP contribution in [0.2, 0.25) is 0 Å². The summed E-state index contributed by atoms with van der Waals surface area (Å²) in [6.45, 7) is 0. The highest BCUT2D eigenvalue weighted by Crippen LogP contribution is 2.24. The van der Waals surface area contributed by atoms with Gasteiger partial charge in [-0.25, -0.2) is 0 Å². The fourth-order valence-electron chi connectivity index (χ4n) is 2.10. The van der Waals surface area contributed by atoms with Crippen molar-refractivity contribution in [1.29, 1.82) is 0 Å². The number of hydrogen-bond donors (Lipinski definition) is 1. The summed E-state index contributed by atoms with van der Waals surface area (Å²) in [5, 5.41) is 3.12. The van der Waals surface area contributed by atoms with Crippen molar-refractivity contribution in [3.8, 4) is 0 Å². The minimum atomic E-state index is 0.0396. The van der Waals surface area contributed by atoms with E-state index in [0.29, 0.717) is 4.83 Å². The smallest absolute Gasteiger partial charge is 0.251 e. The Kier molecular flexibility index (Phi) is 4.85. The molecule has 1 N–H and O–H groups in total. The molecule has 0 spiro atoms. The number of benzene rings is 1. The number of rotatable bonds is 2. The van der Waals surface area contributed by atoms with Gasteiger partial charge in [0.15, 0.2) is 0 Å². The van der Waals surface area contributed by atoms with E-state index in [2.05, 4.69) is 43.8 Å². The first-order valence-electron chi connectivity index (χ1n) is 5.87. The number of carbonyl (C=O) groups is 1.